The Balaban J connectivity index is 1.75. The van der Waals surface area contributed by atoms with Crippen LogP contribution in [0.4, 0.5) is 5.82 Å². The largest absolute Gasteiger partial charge is 0.481 e. The van der Waals surface area contributed by atoms with Gasteiger partial charge in [-0.1, -0.05) is 0 Å². The fraction of sp³-hybridized carbons (Fsp3) is 0.714. The fourth-order valence-electron chi connectivity index (χ4n) is 3.06. The smallest absolute Gasteiger partial charge is 0.218 e. The van der Waals surface area contributed by atoms with Crippen LogP contribution in [-0.4, -0.2) is 61.2 Å². The molecule has 0 spiro atoms. The molecular formula is C14H22N4O3S. The van der Waals surface area contributed by atoms with Gasteiger partial charge in [0, 0.05) is 31.2 Å². The van der Waals surface area contributed by atoms with Gasteiger partial charge in [0.15, 0.2) is 0 Å². The molecule has 0 aromatic carbocycles. The van der Waals surface area contributed by atoms with Gasteiger partial charge in [-0.05, 0) is 25.7 Å². The molecule has 1 aliphatic carbocycles. The zero-order chi connectivity index (χ0) is 15.7. The lowest BCUT2D eigenvalue weighted by atomic mass is 10.0. The Morgan fingerprint density at radius 3 is 2.36 bits per heavy atom. The first-order valence-electron chi connectivity index (χ1n) is 7.58. The first-order chi connectivity index (χ1) is 10.5. The summed E-state index contributed by atoms with van der Waals surface area (Å²) in [5.74, 6) is 1.44. The molecule has 1 aliphatic heterocycles. The molecule has 0 amide bonds. The van der Waals surface area contributed by atoms with E-state index < -0.39 is 10.0 Å². The van der Waals surface area contributed by atoms with Crippen molar-refractivity contribution in [1.29, 1.82) is 0 Å². The van der Waals surface area contributed by atoms with Crippen LogP contribution in [0.1, 0.15) is 25.7 Å². The van der Waals surface area contributed by atoms with Crippen LogP contribution in [0.25, 0.3) is 0 Å². The van der Waals surface area contributed by atoms with Crippen LogP contribution in [0.5, 0.6) is 5.88 Å². The third kappa shape index (κ3) is 3.33. The number of hydrogen-bond acceptors (Lipinski definition) is 6. The topological polar surface area (TPSA) is 75.6 Å². The molecule has 1 aromatic heterocycles. The molecule has 1 saturated heterocycles. The molecule has 0 bridgehead atoms. The maximum absolute atomic E-state index is 11.6. The van der Waals surface area contributed by atoms with Crippen LogP contribution in [0, 0.1) is 0 Å². The number of ether oxygens (including phenoxy) is 1. The third-order valence-corrected chi connectivity index (χ3v) is 5.63. The Kier molecular flexibility index (Phi) is 4.22. The van der Waals surface area contributed by atoms with E-state index >= 15 is 0 Å². The lowest BCUT2D eigenvalue weighted by molar-refractivity contribution is 0.309. The van der Waals surface area contributed by atoms with Gasteiger partial charge in [0.25, 0.3) is 0 Å². The molecule has 122 valence electrons. The number of hydrogen-bond donors (Lipinski definition) is 0. The molecule has 0 atom stereocenters. The van der Waals surface area contributed by atoms with Crippen LogP contribution in [0.3, 0.4) is 0 Å². The van der Waals surface area contributed by atoms with Crippen molar-refractivity contribution in [2.75, 3.05) is 31.4 Å². The second kappa shape index (κ2) is 6.00. The fourth-order valence-corrected chi connectivity index (χ4v) is 3.93. The Morgan fingerprint density at radius 2 is 1.82 bits per heavy atom. The minimum Gasteiger partial charge on any atom is -0.481 e. The van der Waals surface area contributed by atoms with Crippen molar-refractivity contribution in [2.24, 2.45) is 0 Å². The monoisotopic (exact) mass is 326 g/mol. The molecule has 0 unspecified atom stereocenters. The van der Waals surface area contributed by atoms with E-state index in [0.29, 0.717) is 31.1 Å². The molecule has 0 radical (unpaired) electrons. The number of aromatic nitrogens is 2. The van der Waals surface area contributed by atoms with E-state index in [2.05, 4.69) is 14.9 Å². The Labute approximate surface area is 131 Å². The zero-order valence-corrected chi connectivity index (χ0v) is 13.8. The summed E-state index contributed by atoms with van der Waals surface area (Å²) in [5, 5.41) is 0. The molecule has 22 heavy (non-hydrogen) atoms. The normalized spacial score (nSPS) is 20.8. The minimum absolute atomic E-state index is 0.324. The number of anilines is 1. The lowest BCUT2D eigenvalue weighted by Gasteiger charge is -2.38. The van der Waals surface area contributed by atoms with Gasteiger partial charge in [0.2, 0.25) is 15.9 Å². The quantitative estimate of drug-likeness (QED) is 0.799. The van der Waals surface area contributed by atoms with E-state index in [1.54, 1.807) is 11.4 Å². The highest BCUT2D eigenvalue weighted by molar-refractivity contribution is 7.88. The number of methoxy groups -OCH3 is 1. The van der Waals surface area contributed by atoms with Gasteiger partial charge < -0.3 is 9.64 Å². The van der Waals surface area contributed by atoms with E-state index in [1.807, 2.05) is 6.07 Å². The molecule has 2 aliphatic rings. The molecule has 1 saturated carbocycles. The summed E-state index contributed by atoms with van der Waals surface area (Å²) >= 11 is 0. The van der Waals surface area contributed by atoms with E-state index in [9.17, 15) is 8.42 Å². The molecule has 0 N–H and O–H groups in total. The van der Waals surface area contributed by atoms with Gasteiger partial charge in [0.05, 0.1) is 13.4 Å². The molecule has 7 nitrogen and oxygen atoms in total. The van der Waals surface area contributed by atoms with Crippen LogP contribution >= 0.6 is 0 Å². The highest BCUT2D eigenvalue weighted by Crippen LogP contribution is 2.36. The highest BCUT2D eigenvalue weighted by atomic mass is 32.2. The molecule has 2 fully saturated rings. The summed E-state index contributed by atoms with van der Waals surface area (Å²) < 4.78 is 30.0. The summed E-state index contributed by atoms with van der Waals surface area (Å²) in [7, 11) is -1.49. The second-order valence-electron chi connectivity index (χ2n) is 5.95. The van der Waals surface area contributed by atoms with Crippen molar-refractivity contribution in [3.05, 3.63) is 12.4 Å². The van der Waals surface area contributed by atoms with Gasteiger partial charge >= 0.3 is 0 Å². The second-order valence-corrected chi connectivity index (χ2v) is 7.93. The Bertz CT molecular complexity index is 625. The molecule has 2 heterocycles. The van der Waals surface area contributed by atoms with Gasteiger partial charge in [-0.15, -0.1) is 0 Å². The molecule has 1 aromatic rings. The van der Waals surface area contributed by atoms with Crippen molar-refractivity contribution in [3.63, 3.8) is 0 Å². The van der Waals surface area contributed by atoms with Crippen molar-refractivity contribution < 1.29 is 13.2 Å². The zero-order valence-electron chi connectivity index (χ0n) is 13.0. The number of sulfonamides is 1. The summed E-state index contributed by atoms with van der Waals surface area (Å²) in [4.78, 5) is 10.8. The third-order valence-electron chi connectivity index (χ3n) is 4.33. The predicted octanol–water partition coefficient (Wildman–Crippen LogP) is 0.878. The maximum atomic E-state index is 11.6. The minimum atomic E-state index is -3.09. The van der Waals surface area contributed by atoms with E-state index in [4.69, 9.17) is 4.74 Å². The molecule has 3 rings (SSSR count). The average molecular weight is 326 g/mol. The Morgan fingerprint density at radius 1 is 1.18 bits per heavy atom. The maximum Gasteiger partial charge on any atom is 0.218 e. The van der Waals surface area contributed by atoms with Crippen molar-refractivity contribution >= 4 is 15.8 Å². The van der Waals surface area contributed by atoms with Crippen LogP contribution in [0.15, 0.2) is 12.4 Å². The standard InChI is InChI=1S/C14H22N4O3S/c1-21-14-9-13(15-10-16-14)18(11-3-4-11)12-5-7-17(8-6-12)22(2,19)20/h9-12H,3-8H2,1-2H3. The van der Waals surface area contributed by atoms with Gasteiger partial charge in [-0.2, -0.15) is 0 Å². The molecular weight excluding hydrogens is 304 g/mol. The summed E-state index contributed by atoms with van der Waals surface area (Å²) in [6.07, 6.45) is 6.79. The predicted molar refractivity (Wildman–Crippen MR) is 83.5 cm³/mol. The average Bonchev–Trinajstić information content (AvgIpc) is 3.32. The van der Waals surface area contributed by atoms with Gasteiger partial charge in [-0.25, -0.2) is 22.7 Å². The van der Waals surface area contributed by atoms with Crippen molar-refractivity contribution in [1.82, 2.24) is 14.3 Å². The van der Waals surface area contributed by atoms with Crippen molar-refractivity contribution in [2.45, 2.75) is 37.8 Å². The highest BCUT2D eigenvalue weighted by Gasteiger charge is 2.37. The van der Waals surface area contributed by atoms with E-state index in [0.717, 1.165) is 18.7 Å². The van der Waals surface area contributed by atoms with Crippen LogP contribution < -0.4 is 9.64 Å². The summed E-state index contributed by atoms with van der Waals surface area (Å²) in [6.45, 7) is 1.16. The number of piperidine rings is 1. The van der Waals surface area contributed by atoms with Crippen molar-refractivity contribution in [3.8, 4) is 5.88 Å². The number of nitrogens with zero attached hydrogens (tertiary/aromatic N) is 4. The van der Waals surface area contributed by atoms with E-state index in [-0.39, 0.29) is 0 Å². The SMILES string of the molecule is COc1cc(N(C2CC2)C2CCN(S(C)(=O)=O)CC2)ncn1. The first kappa shape index (κ1) is 15.5. The van der Waals surface area contributed by atoms with Gasteiger partial charge in [-0.3, -0.25) is 0 Å². The number of rotatable bonds is 5. The van der Waals surface area contributed by atoms with Crippen LogP contribution in [-0.2, 0) is 10.0 Å². The molecule has 8 heteroatoms. The Hall–Kier alpha value is -1.41. The first-order valence-corrected chi connectivity index (χ1v) is 9.43. The van der Waals surface area contributed by atoms with Gasteiger partial charge in [0.1, 0.15) is 12.1 Å². The van der Waals surface area contributed by atoms with E-state index in [1.165, 1.54) is 25.4 Å². The van der Waals surface area contributed by atoms with Crippen LogP contribution in [0.2, 0.25) is 0 Å². The summed E-state index contributed by atoms with van der Waals surface area (Å²) in [6, 6.07) is 2.70. The summed E-state index contributed by atoms with van der Waals surface area (Å²) in [5.41, 5.74) is 0. The lowest BCUT2D eigenvalue weighted by Crippen LogP contribution is -2.47.